The summed E-state index contributed by atoms with van der Waals surface area (Å²) in [5.74, 6) is 10.1. The monoisotopic (exact) mass is 360 g/mol. The molecular formula is C14H18ClFN4O2S. The number of hydrogen-bond acceptors (Lipinski definition) is 6. The molecule has 1 amide bonds. The summed E-state index contributed by atoms with van der Waals surface area (Å²) >= 11 is 7.57. The Hall–Kier alpha value is -1.87. The predicted molar refractivity (Wildman–Crippen MR) is 90.7 cm³/mol. The zero-order valence-corrected chi connectivity index (χ0v) is 14.3. The van der Waals surface area contributed by atoms with Crippen LogP contribution in [-0.2, 0) is 11.4 Å². The quantitative estimate of drug-likeness (QED) is 0.370. The molecule has 0 spiro atoms. The zero-order chi connectivity index (χ0) is 17.4. The van der Waals surface area contributed by atoms with Crippen molar-refractivity contribution < 1.29 is 13.9 Å². The number of carbonyl (C=O) groups is 1. The molecule has 0 fully saturated rings. The van der Waals surface area contributed by atoms with E-state index in [1.54, 1.807) is 11.3 Å². The lowest BCUT2D eigenvalue weighted by Gasteiger charge is -2.19. The molecule has 0 aliphatic heterocycles. The molecule has 0 radical (unpaired) electrons. The summed E-state index contributed by atoms with van der Waals surface area (Å²) in [6.45, 7) is 0.335. The van der Waals surface area contributed by atoms with Gasteiger partial charge in [-0.2, -0.15) is 0 Å². The van der Waals surface area contributed by atoms with Crippen LogP contribution in [0.25, 0.3) is 0 Å². The maximum Gasteiger partial charge on any atom is 0.223 e. The molecule has 0 atom stereocenters. The number of ether oxygens (including phenoxy) is 1. The van der Waals surface area contributed by atoms with Crippen molar-refractivity contribution >= 4 is 35.0 Å². The second kappa shape index (κ2) is 9.31. The second-order valence-electron chi connectivity index (χ2n) is 4.46. The highest BCUT2D eigenvalue weighted by molar-refractivity contribution is 7.09. The highest BCUT2D eigenvalue weighted by Gasteiger charge is 2.16. The fourth-order valence-corrected chi connectivity index (χ4v) is 2.35. The first-order valence-electron chi connectivity index (χ1n) is 6.41. The van der Waals surface area contributed by atoms with E-state index in [1.165, 1.54) is 26.2 Å². The number of amides is 1. The Morgan fingerprint density at radius 1 is 1.35 bits per heavy atom. The van der Waals surface area contributed by atoms with E-state index in [9.17, 15) is 9.18 Å². The molecule has 1 aromatic carbocycles. The molecule has 0 bridgehead atoms. The molecular weight excluding hydrogens is 343 g/mol. The van der Waals surface area contributed by atoms with E-state index in [1.807, 2.05) is 17.5 Å². The van der Waals surface area contributed by atoms with Crippen molar-refractivity contribution in [1.29, 1.82) is 0 Å². The maximum absolute atomic E-state index is 13.7. The van der Waals surface area contributed by atoms with E-state index in [2.05, 4.69) is 0 Å². The topological polar surface area (TPSA) is 84.8 Å². The lowest BCUT2D eigenvalue weighted by molar-refractivity contribution is -0.117. The van der Waals surface area contributed by atoms with Crippen LogP contribution in [0.4, 0.5) is 10.1 Å². The van der Waals surface area contributed by atoms with Crippen LogP contribution in [0, 0.1) is 5.82 Å². The van der Waals surface area contributed by atoms with Crippen molar-refractivity contribution in [2.75, 3.05) is 19.1 Å². The van der Waals surface area contributed by atoms with E-state index in [0.717, 1.165) is 14.9 Å². The zero-order valence-electron chi connectivity index (χ0n) is 12.7. The van der Waals surface area contributed by atoms with Crippen molar-refractivity contribution in [2.45, 2.75) is 6.61 Å². The van der Waals surface area contributed by atoms with Crippen molar-refractivity contribution in [1.82, 2.24) is 5.01 Å². The molecule has 0 saturated carbocycles. The lowest BCUT2D eigenvalue weighted by Crippen LogP contribution is -2.26. The molecule has 1 heterocycles. The van der Waals surface area contributed by atoms with Crippen LogP contribution >= 0.6 is 22.9 Å². The first-order valence-corrected chi connectivity index (χ1v) is 7.67. The van der Waals surface area contributed by atoms with Gasteiger partial charge in [-0.1, -0.05) is 17.7 Å². The molecule has 1 aromatic heterocycles. The van der Waals surface area contributed by atoms with Gasteiger partial charge in [-0.05, 0) is 23.6 Å². The number of hydrazine groups is 2. The standard InChI is InChI=1S/C12H12ClFN2OS.C2H6N2O/c1-16(15)11-10(14)5-4-9(13)12(11)17-7-8-3-2-6-18-8;1-4(3)2-5/h2-6H,7,15H2,1H3;2H,3H2,1H3. The smallest absolute Gasteiger partial charge is 0.223 e. The van der Waals surface area contributed by atoms with Crippen molar-refractivity contribution in [3.05, 3.63) is 45.4 Å². The molecule has 0 unspecified atom stereocenters. The molecule has 126 valence electrons. The number of nitrogens with two attached hydrogens (primary N) is 2. The highest BCUT2D eigenvalue weighted by Crippen LogP contribution is 2.37. The molecule has 23 heavy (non-hydrogen) atoms. The van der Waals surface area contributed by atoms with Gasteiger partial charge in [-0.3, -0.25) is 9.80 Å². The summed E-state index contributed by atoms with van der Waals surface area (Å²) < 4.78 is 19.3. The van der Waals surface area contributed by atoms with Gasteiger partial charge in [0.15, 0.2) is 11.6 Å². The summed E-state index contributed by atoms with van der Waals surface area (Å²) in [4.78, 5) is 10.3. The number of halogens is 2. The number of benzene rings is 1. The van der Waals surface area contributed by atoms with Crippen LogP contribution in [-0.4, -0.2) is 25.5 Å². The van der Waals surface area contributed by atoms with Crippen LogP contribution in [0.2, 0.25) is 5.02 Å². The minimum absolute atomic E-state index is 0.152. The summed E-state index contributed by atoms with van der Waals surface area (Å²) in [5, 5.41) is 4.38. The van der Waals surface area contributed by atoms with Crippen LogP contribution in [0.15, 0.2) is 29.6 Å². The fraction of sp³-hybridized carbons (Fsp3) is 0.214. The molecule has 2 rings (SSSR count). The number of rotatable bonds is 5. The second-order valence-corrected chi connectivity index (χ2v) is 5.90. The predicted octanol–water partition coefficient (Wildman–Crippen LogP) is 2.38. The van der Waals surface area contributed by atoms with Crippen molar-refractivity contribution in [2.24, 2.45) is 11.7 Å². The van der Waals surface area contributed by atoms with Gasteiger partial charge in [-0.25, -0.2) is 16.1 Å². The van der Waals surface area contributed by atoms with Crippen LogP contribution in [0.3, 0.4) is 0 Å². The molecule has 9 heteroatoms. The Balaban J connectivity index is 0.000000463. The van der Waals surface area contributed by atoms with Crippen LogP contribution in [0.5, 0.6) is 5.75 Å². The minimum Gasteiger partial charge on any atom is -0.484 e. The molecule has 0 aliphatic carbocycles. The van der Waals surface area contributed by atoms with Crippen LogP contribution < -0.4 is 21.4 Å². The number of carbonyl (C=O) groups excluding carboxylic acids is 1. The van der Waals surface area contributed by atoms with Crippen LogP contribution in [0.1, 0.15) is 4.88 Å². The summed E-state index contributed by atoms with van der Waals surface area (Å²) in [6, 6.07) is 6.57. The van der Waals surface area contributed by atoms with E-state index in [4.69, 9.17) is 28.0 Å². The summed E-state index contributed by atoms with van der Waals surface area (Å²) in [7, 11) is 3.00. The Morgan fingerprint density at radius 3 is 2.48 bits per heavy atom. The SMILES string of the molecule is CN(N)C=O.CN(N)c1c(F)ccc(Cl)c1OCc1cccs1. The molecule has 6 nitrogen and oxygen atoms in total. The maximum atomic E-state index is 13.7. The Labute approximate surface area is 142 Å². The fourth-order valence-electron chi connectivity index (χ4n) is 1.53. The average Bonchev–Trinajstić information content (AvgIpc) is 3.01. The van der Waals surface area contributed by atoms with E-state index in [0.29, 0.717) is 18.0 Å². The number of anilines is 1. The number of hydrogen-bond donors (Lipinski definition) is 2. The van der Waals surface area contributed by atoms with E-state index < -0.39 is 5.82 Å². The van der Waals surface area contributed by atoms with Gasteiger partial charge in [0.1, 0.15) is 12.3 Å². The van der Waals surface area contributed by atoms with Gasteiger partial charge in [0.25, 0.3) is 0 Å². The third-order valence-electron chi connectivity index (χ3n) is 2.49. The lowest BCUT2D eigenvalue weighted by atomic mass is 10.2. The minimum atomic E-state index is -0.467. The summed E-state index contributed by atoms with van der Waals surface area (Å²) in [6.07, 6.45) is 0.528. The van der Waals surface area contributed by atoms with Gasteiger partial charge in [0.05, 0.1) is 5.02 Å². The summed E-state index contributed by atoms with van der Waals surface area (Å²) in [5.41, 5.74) is 0.152. The highest BCUT2D eigenvalue weighted by atomic mass is 35.5. The van der Waals surface area contributed by atoms with Crippen molar-refractivity contribution in [3.63, 3.8) is 0 Å². The molecule has 2 aromatic rings. The van der Waals surface area contributed by atoms with Gasteiger partial charge < -0.3 is 9.75 Å². The van der Waals surface area contributed by atoms with Crippen molar-refractivity contribution in [3.8, 4) is 5.75 Å². The van der Waals surface area contributed by atoms with Gasteiger partial charge in [0, 0.05) is 19.0 Å². The number of thiophene rings is 1. The molecule has 0 saturated heterocycles. The average molecular weight is 361 g/mol. The Morgan fingerprint density at radius 2 is 2.00 bits per heavy atom. The number of nitrogens with zero attached hydrogens (tertiary/aromatic N) is 2. The van der Waals surface area contributed by atoms with Gasteiger partial charge in [0.2, 0.25) is 6.41 Å². The molecule has 0 aliphatic rings. The third-order valence-corrected chi connectivity index (χ3v) is 3.64. The Kier molecular flexibility index (Phi) is 7.76. The first kappa shape index (κ1) is 19.2. The normalized spacial score (nSPS) is 9.65. The third kappa shape index (κ3) is 6.03. The molecule has 4 N–H and O–H groups in total. The first-order chi connectivity index (χ1) is 10.9. The largest absolute Gasteiger partial charge is 0.484 e. The van der Waals surface area contributed by atoms with E-state index >= 15 is 0 Å². The van der Waals surface area contributed by atoms with E-state index in [-0.39, 0.29) is 11.4 Å². The van der Waals surface area contributed by atoms with Gasteiger partial charge >= 0.3 is 0 Å². The Bertz CT molecular complexity index is 623. The van der Waals surface area contributed by atoms with Gasteiger partial charge in [-0.15, -0.1) is 11.3 Å².